The van der Waals surface area contributed by atoms with Gasteiger partial charge < -0.3 is 5.73 Å². The van der Waals surface area contributed by atoms with Gasteiger partial charge in [0.1, 0.15) is 0 Å². The maximum Gasteiger partial charge on any atom is 0.0554 e. The fourth-order valence-electron chi connectivity index (χ4n) is 2.12. The average molecular weight is 229 g/mol. The molecule has 0 aliphatic rings. The number of nitrogens with zero attached hydrogens (tertiary/aromatic N) is 2. The molecule has 0 saturated heterocycles. The smallest absolute Gasteiger partial charge is 0.0554 e. The highest BCUT2D eigenvalue weighted by Gasteiger charge is 2.11. The van der Waals surface area contributed by atoms with Crippen LogP contribution < -0.4 is 5.73 Å². The lowest BCUT2D eigenvalue weighted by Crippen LogP contribution is -2.18. The van der Waals surface area contributed by atoms with Crippen LogP contribution in [0, 0.1) is 6.92 Å². The second kappa shape index (κ2) is 5.15. The van der Waals surface area contributed by atoms with Crippen LogP contribution in [0.2, 0.25) is 0 Å². The molecule has 0 fully saturated rings. The van der Waals surface area contributed by atoms with Gasteiger partial charge in [0.2, 0.25) is 0 Å². The number of aromatic nitrogens is 2. The first-order chi connectivity index (χ1) is 8.20. The van der Waals surface area contributed by atoms with Gasteiger partial charge in [-0.1, -0.05) is 29.8 Å². The lowest BCUT2D eigenvalue weighted by molar-refractivity contribution is 0.568. The van der Waals surface area contributed by atoms with Crippen molar-refractivity contribution in [3.63, 3.8) is 0 Å². The van der Waals surface area contributed by atoms with Gasteiger partial charge >= 0.3 is 0 Å². The summed E-state index contributed by atoms with van der Waals surface area (Å²) >= 11 is 0. The molecule has 2 aromatic rings. The first-order valence-corrected chi connectivity index (χ1v) is 6.03. The number of nitrogens with two attached hydrogens (primary N) is 1. The molecule has 2 N–H and O–H groups in total. The highest BCUT2D eigenvalue weighted by molar-refractivity contribution is 5.24. The number of benzene rings is 1. The summed E-state index contributed by atoms with van der Waals surface area (Å²) in [5, 5.41) is 4.25. The van der Waals surface area contributed by atoms with Gasteiger partial charge in [-0.15, -0.1) is 0 Å². The van der Waals surface area contributed by atoms with E-state index in [2.05, 4.69) is 43.2 Å². The van der Waals surface area contributed by atoms with Crippen LogP contribution in [0.5, 0.6) is 0 Å². The van der Waals surface area contributed by atoms with Crippen molar-refractivity contribution in [2.45, 2.75) is 32.9 Å². The first kappa shape index (κ1) is 11.9. The summed E-state index contributed by atoms with van der Waals surface area (Å²) in [4.78, 5) is 0. The highest BCUT2D eigenvalue weighted by Crippen LogP contribution is 2.16. The largest absolute Gasteiger partial charge is 0.322 e. The number of hydrogen-bond donors (Lipinski definition) is 1. The van der Waals surface area contributed by atoms with Crippen molar-refractivity contribution in [3.05, 3.63) is 53.3 Å². The van der Waals surface area contributed by atoms with Crippen LogP contribution in [0.3, 0.4) is 0 Å². The monoisotopic (exact) mass is 229 g/mol. The molecule has 1 unspecified atom stereocenters. The van der Waals surface area contributed by atoms with Gasteiger partial charge in [0.15, 0.2) is 0 Å². The predicted octanol–water partition coefficient (Wildman–Crippen LogP) is 2.45. The van der Waals surface area contributed by atoms with E-state index in [9.17, 15) is 0 Å². The van der Waals surface area contributed by atoms with E-state index < -0.39 is 0 Å². The third-order valence-corrected chi connectivity index (χ3v) is 2.97. The van der Waals surface area contributed by atoms with E-state index >= 15 is 0 Å². The van der Waals surface area contributed by atoms with Crippen molar-refractivity contribution in [3.8, 4) is 0 Å². The molecule has 0 aliphatic carbocycles. The van der Waals surface area contributed by atoms with Crippen LogP contribution in [0.4, 0.5) is 0 Å². The molecule has 3 nitrogen and oxygen atoms in total. The van der Waals surface area contributed by atoms with Crippen LogP contribution in [0.1, 0.15) is 29.8 Å². The van der Waals surface area contributed by atoms with E-state index in [1.165, 1.54) is 11.1 Å². The van der Waals surface area contributed by atoms with Gasteiger partial charge in [-0.2, -0.15) is 5.10 Å². The van der Waals surface area contributed by atoms with E-state index in [1.54, 1.807) is 0 Å². The van der Waals surface area contributed by atoms with E-state index in [4.69, 9.17) is 5.73 Å². The minimum absolute atomic E-state index is 0.0132. The predicted molar refractivity (Wildman–Crippen MR) is 69.7 cm³/mol. The molecule has 90 valence electrons. The van der Waals surface area contributed by atoms with Crippen LogP contribution in [-0.2, 0) is 13.0 Å². The molecule has 17 heavy (non-hydrogen) atoms. The van der Waals surface area contributed by atoms with Gasteiger partial charge in [-0.05, 0) is 31.9 Å². The lowest BCUT2D eigenvalue weighted by Gasteiger charge is -2.13. The molecular formula is C14H19N3. The Morgan fingerprint density at radius 2 is 2.18 bits per heavy atom. The van der Waals surface area contributed by atoms with E-state index in [0.717, 1.165) is 18.7 Å². The number of aryl methyl sites for hydroxylation is 2. The Balaban J connectivity index is 2.14. The van der Waals surface area contributed by atoms with Gasteiger partial charge in [-0.3, -0.25) is 4.68 Å². The normalized spacial score (nSPS) is 12.6. The molecule has 0 radical (unpaired) electrons. The number of hydrogen-bond acceptors (Lipinski definition) is 2. The maximum atomic E-state index is 6.24. The molecule has 1 aromatic heterocycles. The summed E-state index contributed by atoms with van der Waals surface area (Å²) in [6.07, 6.45) is 2.67. The van der Waals surface area contributed by atoms with E-state index in [-0.39, 0.29) is 6.04 Å². The van der Waals surface area contributed by atoms with Crippen molar-refractivity contribution in [1.82, 2.24) is 9.78 Å². The summed E-state index contributed by atoms with van der Waals surface area (Å²) in [6.45, 7) is 5.05. The first-order valence-electron chi connectivity index (χ1n) is 6.03. The Bertz CT molecular complexity index is 488. The number of rotatable bonds is 4. The Hall–Kier alpha value is -1.61. The molecule has 1 heterocycles. The molecule has 0 spiro atoms. The summed E-state index contributed by atoms with van der Waals surface area (Å²) in [5.74, 6) is 0. The lowest BCUT2D eigenvalue weighted by atomic mass is 10.0. The quantitative estimate of drug-likeness (QED) is 0.875. The highest BCUT2D eigenvalue weighted by atomic mass is 15.3. The van der Waals surface area contributed by atoms with Crippen molar-refractivity contribution in [2.24, 2.45) is 5.73 Å². The van der Waals surface area contributed by atoms with Gasteiger partial charge in [-0.25, -0.2) is 0 Å². The second-order valence-corrected chi connectivity index (χ2v) is 4.37. The summed E-state index contributed by atoms with van der Waals surface area (Å²) in [5.41, 5.74) is 9.90. The summed E-state index contributed by atoms with van der Waals surface area (Å²) in [6, 6.07) is 10.5. The third kappa shape index (κ3) is 2.74. The Morgan fingerprint density at radius 3 is 2.88 bits per heavy atom. The summed E-state index contributed by atoms with van der Waals surface area (Å²) in [7, 11) is 0. The summed E-state index contributed by atoms with van der Waals surface area (Å²) < 4.78 is 1.96. The standard InChI is InChI=1S/C14H19N3/c1-3-17-14(7-8-16-17)13(15)10-12-6-4-5-11(2)9-12/h4-9,13H,3,10,15H2,1-2H3. The van der Waals surface area contributed by atoms with Crippen LogP contribution in [0.25, 0.3) is 0 Å². The van der Waals surface area contributed by atoms with E-state index in [0.29, 0.717) is 0 Å². The minimum Gasteiger partial charge on any atom is -0.322 e. The van der Waals surface area contributed by atoms with Crippen molar-refractivity contribution in [2.75, 3.05) is 0 Å². The minimum atomic E-state index is 0.0132. The molecule has 0 amide bonds. The topological polar surface area (TPSA) is 43.8 Å². The molecule has 1 aromatic carbocycles. The molecule has 1 atom stereocenters. The van der Waals surface area contributed by atoms with Gasteiger partial charge in [0.05, 0.1) is 11.7 Å². The molecule has 3 heteroatoms. The Kier molecular flexibility index (Phi) is 3.59. The molecule has 0 bridgehead atoms. The average Bonchev–Trinajstić information content (AvgIpc) is 2.77. The molecular weight excluding hydrogens is 210 g/mol. The fourth-order valence-corrected chi connectivity index (χ4v) is 2.12. The third-order valence-electron chi connectivity index (χ3n) is 2.97. The van der Waals surface area contributed by atoms with Crippen molar-refractivity contribution < 1.29 is 0 Å². The second-order valence-electron chi connectivity index (χ2n) is 4.37. The van der Waals surface area contributed by atoms with Gasteiger partial charge in [0, 0.05) is 12.7 Å². The zero-order valence-electron chi connectivity index (χ0n) is 10.4. The van der Waals surface area contributed by atoms with Crippen LogP contribution in [0.15, 0.2) is 36.5 Å². The molecule has 0 saturated carbocycles. The fraction of sp³-hybridized carbons (Fsp3) is 0.357. The van der Waals surface area contributed by atoms with Crippen LogP contribution in [-0.4, -0.2) is 9.78 Å². The molecule has 0 aliphatic heterocycles. The van der Waals surface area contributed by atoms with Crippen LogP contribution >= 0.6 is 0 Å². The van der Waals surface area contributed by atoms with Crippen molar-refractivity contribution in [1.29, 1.82) is 0 Å². The maximum absolute atomic E-state index is 6.24. The van der Waals surface area contributed by atoms with E-state index in [1.807, 2.05) is 16.9 Å². The Morgan fingerprint density at radius 1 is 1.35 bits per heavy atom. The van der Waals surface area contributed by atoms with Gasteiger partial charge in [0.25, 0.3) is 0 Å². The Labute approximate surface area is 102 Å². The van der Waals surface area contributed by atoms with Crippen molar-refractivity contribution >= 4 is 0 Å². The SMILES string of the molecule is CCn1nccc1C(N)Cc1cccc(C)c1. The zero-order chi connectivity index (χ0) is 12.3. The zero-order valence-corrected chi connectivity index (χ0v) is 10.4. The molecule has 2 rings (SSSR count).